The monoisotopic (exact) mass is 251 g/mol. The van der Waals surface area contributed by atoms with Gasteiger partial charge in [0, 0.05) is 12.7 Å². The van der Waals surface area contributed by atoms with Crippen molar-refractivity contribution < 1.29 is 13.7 Å². The van der Waals surface area contributed by atoms with Crippen LogP contribution in [-0.2, 0) is 4.74 Å². The van der Waals surface area contributed by atoms with Gasteiger partial charge in [0.25, 0.3) is 0 Å². The van der Waals surface area contributed by atoms with Crippen LogP contribution in [0.4, 0.5) is 4.39 Å². The Bertz CT molecular complexity index is 542. The topological polar surface area (TPSA) is 74.2 Å². The maximum atomic E-state index is 13.4. The number of nitrogens with zero attached hydrogens (tertiary/aromatic N) is 2. The van der Waals surface area contributed by atoms with Crippen LogP contribution in [0.25, 0.3) is 11.4 Å². The summed E-state index contributed by atoms with van der Waals surface area (Å²) in [5.74, 6) is 0.281. The molecule has 0 fully saturated rings. The van der Waals surface area contributed by atoms with Crippen LogP contribution < -0.4 is 5.73 Å². The number of ether oxygens (including phenoxy) is 1. The Hall–Kier alpha value is -1.79. The molecule has 0 spiro atoms. The Labute approximate surface area is 104 Å². The number of aryl methyl sites for hydroxylation is 1. The number of nitrogens with two attached hydrogens (primary N) is 1. The van der Waals surface area contributed by atoms with Crippen molar-refractivity contribution in [3.63, 3.8) is 0 Å². The first-order valence-electron chi connectivity index (χ1n) is 5.46. The second-order valence-electron chi connectivity index (χ2n) is 3.98. The minimum absolute atomic E-state index is 0.271. The van der Waals surface area contributed by atoms with Crippen molar-refractivity contribution in [3.05, 3.63) is 35.5 Å². The number of hydrogen-bond donors (Lipinski definition) is 1. The highest BCUT2D eigenvalue weighted by Gasteiger charge is 2.16. The van der Waals surface area contributed by atoms with Crippen LogP contribution in [0, 0.1) is 12.7 Å². The minimum Gasteiger partial charge on any atom is -0.383 e. The fourth-order valence-electron chi connectivity index (χ4n) is 1.49. The molecule has 0 aliphatic carbocycles. The van der Waals surface area contributed by atoms with Gasteiger partial charge in [-0.05, 0) is 18.6 Å². The molecule has 1 aromatic carbocycles. The molecule has 0 saturated carbocycles. The van der Waals surface area contributed by atoms with Crippen LogP contribution in [0.1, 0.15) is 17.5 Å². The van der Waals surface area contributed by atoms with Crippen LogP contribution in [-0.4, -0.2) is 23.9 Å². The predicted molar refractivity (Wildman–Crippen MR) is 63.2 cm³/mol. The first kappa shape index (κ1) is 12.7. The van der Waals surface area contributed by atoms with E-state index in [0.717, 1.165) is 0 Å². The molecule has 1 atom stereocenters. The van der Waals surface area contributed by atoms with Crippen LogP contribution in [0.15, 0.2) is 22.7 Å². The van der Waals surface area contributed by atoms with Crippen LogP contribution in [0.3, 0.4) is 0 Å². The Morgan fingerprint density at radius 2 is 2.28 bits per heavy atom. The summed E-state index contributed by atoms with van der Waals surface area (Å²) in [6, 6.07) is 4.28. The summed E-state index contributed by atoms with van der Waals surface area (Å²) in [6.07, 6.45) is 0. The SMILES string of the molecule is COCC(N)c1nc(-c2ccc(C)c(F)c2)no1. The van der Waals surface area contributed by atoms with Gasteiger partial charge in [0.2, 0.25) is 11.7 Å². The number of methoxy groups -OCH3 is 1. The second kappa shape index (κ2) is 5.24. The average molecular weight is 251 g/mol. The van der Waals surface area contributed by atoms with Gasteiger partial charge in [-0.15, -0.1) is 0 Å². The normalized spacial score (nSPS) is 12.7. The lowest BCUT2D eigenvalue weighted by atomic mass is 10.1. The van der Waals surface area contributed by atoms with E-state index < -0.39 is 6.04 Å². The van der Waals surface area contributed by atoms with E-state index in [1.807, 2.05) is 0 Å². The van der Waals surface area contributed by atoms with Gasteiger partial charge >= 0.3 is 0 Å². The molecule has 6 heteroatoms. The van der Waals surface area contributed by atoms with Gasteiger partial charge in [0.15, 0.2) is 0 Å². The Kier molecular flexibility index (Phi) is 3.69. The summed E-state index contributed by atoms with van der Waals surface area (Å²) in [6.45, 7) is 1.97. The Morgan fingerprint density at radius 3 is 2.94 bits per heavy atom. The van der Waals surface area contributed by atoms with Crippen LogP contribution in [0.2, 0.25) is 0 Å². The van der Waals surface area contributed by atoms with Crippen molar-refractivity contribution in [2.45, 2.75) is 13.0 Å². The summed E-state index contributed by atoms with van der Waals surface area (Å²) >= 11 is 0. The van der Waals surface area contributed by atoms with E-state index in [1.165, 1.54) is 13.2 Å². The lowest BCUT2D eigenvalue weighted by molar-refractivity contribution is 0.166. The summed E-state index contributed by atoms with van der Waals surface area (Å²) < 4.78 is 23.3. The fraction of sp³-hybridized carbons (Fsp3) is 0.333. The summed E-state index contributed by atoms with van der Waals surface area (Å²) in [5.41, 5.74) is 6.88. The standard InChI is InChI=1S/C12H14FN3O2/c1-7-3-4-8(5-9(7)13)11-15-12(18-16-11)10(14)6-17-2/h3-5,10H,6,14H2,1-2H3. The van der Waals surface area contributed by atoms with E-state index in [1.54, 1.807) is 19.1 Å². The molecule has 18 heavy (non-hydrogen) atoms. The molecule has 0 radical (unpaired) electrons. The zero-order chi connectivity index (χ0) is 13.1. The lowest BCUT2D eigenvalue weighted by Crippen LogP contribution is -2.16. The number of hydrogen-bond acceptors (Lipinski definition) is 5. The summed E-state index contributed by atoms with van der Waals surface area (Å²) in [5, 5.41) is 3.77. The van der Waals surface area contributed by atoms with Crippen molar-refractivity contribution in [1.82, 2.24) is 10.1 Å². The van der Waals surface area contributed by atoms with Gasteiger partial charge in [-0.25, -0.2) is 4.39 Å². The molecule has 0 saturated heterocycles. The van der Waals surface area contributed by atoms with Crippen molar-refractivity contribution in [3.8, 4) is 11.4 Å². The molecule has 1 aromatic heterocycles. The van der Waals surface area contributed by atoms with Gasteiger partial charge in [0.1, 0.15) is 11.9 Å². The van der Waals surface area contributed by atoms with Crippen molar-refractivity contribution in [1.29, 1.82) is 0 Å². The van der Waals surface area contributed by atoms with Gasteiger partial charge in [-0.3, -0.25) is 0 Å². The fourth-order valence-corrected chi connectivity index (χ4v) is 1.49. The zero-order valence-electron chi connectivity index (χ0n) is 10.2. The van der Waals surface area contributed by atoms with Crippen molar-refractivity contribution in [2.24, 2.45) is 5.73 Å². The quantitative estimate of drug-likeness (QED) is 0.897. The number of aromatic nitrogens is 2. The molecule has 1 unspecified atom stereocenters. The smallest absolute Gasteiger partial charge is 0.246 e. The highest BCUT2D eigenvalue weighted by Crippen LogP contribution is 2.20. The van der Waals surface area contributed by atoms with E-state index in [0.29, 0.717) is 17.0 Å². The van der Waals surface area contributed by atoms with Gasteiger partial charge in [0.05, 0.1) is 6.61 Å². The first-order valence-corrected chi connectivity index (χ1v) is 5.46. The Morgan fingerprint density at radius 1 is 1.50 bits per heavy atom. The molecule has 0 amide bonds. The molecule has 2 aromatic rings. The van der Waals surface area contributed by atoms with Crippen LogP contribution >= 0.6 is 0 Å². The molecule has 0 aliphatic rings. The summed E-state index contributed by atoms with van der Waals surface area (Å²) in [4.78, 5) is 4.12. The molecule has 2 rings (SSSR count). The molecule has 96 valence electrons. The maximum Gasteiger partial charge on any atom is 0.246 e. The van der Waals surface area contributed by atoms with Crippen LogP contribution in [0.5, 0.6) is 0 Å². The third-order valence-electron chi connectivity index (χ3n) is 2.54. The lowest BCUT2D eigenvalue weighted by Gasteiger charge is -2.02. The number of benzene rings is 1. The van der Waals surface area contributed by atoms with Gasteiger partial charge in [-0.1, -0.05) is 17.3 Å². The van der Waals surface area contributed by atoms with Crippen molar-refractivity contribution >= 4 is 0 Å². The second-order valence-corrected chi connectivity index (χ2v) is 3.98. The molecular formula is C12H14FN3O2. The predicted octanol–water partition coefficient (Wildman–Crippen LogP) is 1.83. The van der Waals surface area contributed by atoms with E-state index in [-0.39, 0.29) is 18.3 Å². The average Bonchev–Trinajstić information content (AvgIpc) is 2.82. The van der Waals surface area contributed by atoms with E-state index in [4.69, 9.17) is 15.0 Å². The van der Waals surface area contributed by atoms with Gasteiger partial charge < -0.3 is 15.0 Å². The third-order valence-corrected chi connectivity index (χ3v) is 2.54. The highest BCUT2D eigenvalue weighted by atomic mass is 19.1. The molecule has 2 N–H and O–H groups in total. The molecule has 0 aliphatic heterocycles. The third kappa shape index (κ3) is 2.55. The molecule has 0 bridgehead atoms. The molecule has 1 heterocycles. The number of rotatable bonds is 4. The molecular weight excluding hydrogens is 237 g/mol. The van der Waals surface area contributed by atoms with Crippen molar-refractivity contribution in [2.75, 3.05) is 13.7 Å². The van der Waals surface area contributed by atoms with E-state index >= 15 is 0 Å². The molecule has 5 nitrogen and oxygen atoms in total. The van der Waals surface area contributed by atoms with E-state index in [9.17, 15) is 4.39 Å². The largest absolute Gasteiger partial charge is 0.383 e. The minimum atomic E-state index is -0.480. The number of halogens is 1. The Balaban J connectivity index is 2.26. The highest BCUT2D eigenvalue weighted by molar-refractivity contribution is 5.54. The maximum absolute atomic E-state index is 13.4. The first-order chi connectivity index (χ1) is 8.61. The zero-order valence-corrected chi connectivity index (χ0v) is 10.2. The van der Waals surface area contributed by atoms with E-state index in [2.05, 4.69) is 10.1 Å². The van der Waals surface area contributed by atoms with Gasteiger partial charge in [-0.2, -0.15) is 4.98 Å². The summed E-state index contributed by atoms with van der Waals surface area (Å²) in [7, 11) is 1.53.